The molecule has 3 nitrogen and oxygen atoms in total. The maximum absolute atomic E-state index is 5.37. The van der Waals surface area contributed by atoms with E-state index in [9.17, 15) is 0 Å². The number of hydrogen-bond donors (Lipinski definition) is 0. The minimum Gasteiger partial charge on any atom is -0.263 e. The molecule has 0 fully saturated rings. The van der Waals surface area contributed by atoms with E-state index in [0.717, 1.165) is 55.7 Å². The Bertz CT molecular complexity index is 3510. The lowest BCUT2D eigenvalue weighted by Gasteiger charge is -2.14. The molecular weight excluding hydrogens is 751 g/mol. The second-order valence-corrected chi connectivity index (χ2v) is 16.0. The van der Waals surface area contributed by atoms with Crippen LogP contribution in [0.4, 0.5) is 0 Å². The lowest BCUT2D eigenvalue weighted by atomic mass is 9.92. The van der Waals surface area contributed by atoms with Crippen LogP contribution in [0.3, 0.4) is 0 Å². The summed E-state index contributed by atoms with van der Waals surface area (Å²) in [5.41, 5.74) is 11.6. The Morgan fingerprint density at radius 3 is 1.31 bits per heavy atom. The highest BCUT2D eigenvalue weighted by molar-refractivity contribution is 6.15. The van der Waals surface area contributed by atoms with Crippen LogP contribution in [0.25, 0.3) is 121 Å². The van der Waals surface area contributed by atoms with Crippen LogP contribution in [0.2, 0.25) is 0 Å². The van der Waals surface area contributed by atoms with Gasteiger partial charge in [0.2, 0.25) is 0 Å². The van der Waals surface area contributed by atoms with Crippen molar-refractivity contribution in [3.63, 3.8) is 0 Å². The van der Waals surface area contributed by atoms with Gasteiger partial charge in [-0.15, -0.1) is 0 Å². The lowest BCUT2D eigenvalue weighted by molar-refractivity contribution is 1.18. The van der Waals surface area contributed by atoms with Gasteiger partial charge in [-0.05, 0) is 107 Å². The van der Waals surface area contributed by atoms with Gasteiger partial charge in [0.25, 0.3) is 0 Å². The molecule has 0 bridgehead atoms. The molecule has 12 rings (SSSR count). The average Bonchev–Trinajstić information content (AvgIpc) is 3.35. The van der Waals surface area contributed by atoms with Gasteiger partial charge in [-0.3, -0.25) is 4.98 Å². The van der Waals surface area contributed by atoms with Crippen molar-refractivity contribution in [1.82, 2.24) is 15.0 Å². The van der Waals surface area contributed by atoms with Crippen molar-refractivity contribution in [2.24, 2.45) is 0 Å². The van der Waals surface area contributed by atoms with Gasteiger partial charge in [-0.1, -0.05) is 182 Å². The fourth-order valence-corrected chi connectivity index (χ4v) is 9.30. The van der Waals surface area contributed by atoms with Crippen molar-refractivity contribution in [3.05, 3.63) is 225 Å². The lowest BCUT2D eigenvalue weighted by Crippen LogP contribution is -1.97. The SMILES string of the molecule is c1cc(-c2cc(-c3ccc(-c4cncc5ccccc45)cc3)nc(-c3cccc(-c4cc5ccccc5c5ccccc45)c3)n2)cc(-c2cc3ccccc3c3ccccc23)c1. The Hall–Kier alpha value is -8.27. The molecule has 0 aliphatic carbocycles. The van der Waals surface area contributed by atoms with Gasteiger partial charge in [0.15, 0.2) is 5.82 Å². The molecule has 2 heterocycles. The zero-order valence-electron chi connectivity index (χ0n) is 33.7. The Balaban J connectivity index is 1.02. The fourth-order valence-electron chi connectivity index (χ4n) is 9.30. The van der Waals surface area contributed by atoms with E-state index in [1.165, 1.54) is 59.6 Å². The van der Waals surface area contributed by atoms with Crippen molar-refractivity contribution in [2.75, 3.05) is 0 Å². The molecule has 0 atom stereocenters. The summed E-state index contributed by atoms with van der Waals surface area (Å²) in [6, 6.07) is 76.1. The van der Waals surface area contributed by atoms with Gasteiger partial charge in [0.05, 0.1) is 11.4 Å². The van der Waals surface area contributed by atoms with Crippen LogP contribution >= 0.6 is 0 Å². The van der Waals surface area contributed by atoms with E-state index in [2.05, 4.69) is 217 Å². The van der Waals surface area contributed by atoms with Gasteiger partial charge in [0.1, 0.15) is 0 Å². The van der Waals surface area contributed by atoms with Crippen molar-refractivity contribution in [1.29, 1.82) is 0 Å². The van der Waals surface area contributed by atoms with Crippen LogP contribution in [0.5, 0.6) is 0 Å². The van der Waals surface area contributed by atoms with E-state index in [1.54, 1.807) is 0 Å². The van der Waals surface area contributed by atoms with Crippen LogP contribution in [0.1, 0.15) is 0 Å². The second-order valence-electron chi connectivity index (χ2n) is 16.0. The van der Waals surface area contributed by atoms with Crippen molar-refractivity contribution in [2.45, 2.75) is 0 Å². The monoisotopic (exact) mass is 787 g/mol. The van der Waals surface area contributed by atoms with Crippen molar-refractivity contribution < 1.29 is 0 Å². The highest BCUT2D eigenvalue weighted by Crippen LogP contribution is 2.39. The third kappa shape index (κ3) is 6.18. The standard InChI is InChI=1S/C59H37N3/c1-4-20-47-42(13-1)33-54(52-25-9-7-23-50(47)52)40-16-11-18-44(31-40)58-35-57(39-29-27-38(28-30-39)56-37-60-36-46-15-3-6-22-49(46)56)61-59(62-58)45-19-12-17-41(32-45)55-34-43-14-2-5-21-48(43)51-24-8-10-26-53(51)55/h1-37H. The van der Waals surface area contributed by atoms with E-state index in [1.807, 2.05) is 12.4 Å². The van der Waals surface area contributed by atoms with Crippen LogP contribution in [0.15, 0.2) is 225 Å². The summed E-state index contributed by atoms with van der Waals surface area (Å²) in [4.78, 5) is 15.3. The van der Waals surface area contributed by atoms with E-state index in [0.29, 0.717) is 5.82 Å². The molecule has 0 N–H and O–H groups in total. The quantitative estimate of drug-likeness (QED) is 0.158. The highest BCUT2D eigenvalue weighted by Gasteiger charge is 2.16. The predicted molar refractivity (Wildman–Crippen MR) is 260 cm³/mol. The number of hydrogen-bond acceptors (Lipinski definition) is 3. The molecule has 10 aromatic carbocycles. The fraction of sp³-hybridized carbons (Fsp3) is 0. The van der Waals surface area contributed by atoms with Gasteiger partial charge >= 0.3 is 0 Å². The van der Waals surface area contributed by atoms with Crippen LogP contribution in [-0.2, 0) is 0 Å². The number of benzene rings is 10. The first-order valence-corrected chi connectivity index (χ1v) is 21.1. The van der Waals surface area contributed by atoms with Crippen LogP contribution < -0.4 is 0 Å². The largest absolute Gasteiger partial charge is 0.263 e. The average molecular weight is 788 g/mol. The Kier molecular flexibility index (Phi) is 8.50. The zero-order valence-corrected chi connectivity index (χ0v) is 33.7. The molecule has 0 spiro atoms. The third-order valence-corrected chi connectivity index (χ3v) is 12.3. The van der Waals surface area contributed by atoms with Crippen LogP contribution in [-0.4, -0.2) is 15.0 Å². The first-order valence-electron chi connectivity index (χ1n) is 21.1. The van der Waals surface area contributed by atoms with Gasteiger partial charge in [-0.25, -0.2) is 9.97 Å². The van der Waals surface area contributed by atoms with E-state index in [4.69, 9.17) is 9.97 Å². The predicted octanol–water partition coefficient (Wildman–Crippen LogP) is 15.6. The first-order chi connectivity index (χ1) is 30.7. The molecule has 62 heavy (non-hydrogen) atoms. The smallest absolute Gasteiger partial charge is 0.160 e. The number of fused-ring (bicyclic) bond motifs is 7. The Morgan fingerprint density at radius 2 is 0.694 bits per heavy atom. The Labute approximate surface area is 359 Å². The van der Waals surface area contributed by atoms with E-state index in [-0.39, 0.29) is 0 Å². The molecule has 0 saturated carbocycles. The minimum atomic E-state index is 0.674. The molecule has 0 amide bonds. The number of aromatic nitrogens is 3. The number of nitrogens with zero attached hydrogens (tertiary/aromatic N) is 3. The molecule has 0 aliphatic heterocycles. The molecule has 0 unspecified atom stereocenters. The van der Waals surface area contributed by atoms with Gasteiger partial charge < -0.3 is 0 Å². The first kappa shape index (κ1) is 35.7. The second kappa shape index (κ2) is 14.8. The third-order valence-electron chi connectivity index (χ3n) is 12.3. The van der Waals surface area contributed by atoms with Crippen LogP contribution in [0, 0.1) is 0 Å². The summed E-state index contributed by atoms with van der Waals surface area (Å²) < 4.78 is 0. The molecule has 12 aromatic rings. The topological polar surface area (TPSA) is 38.7 Å². The summed E-state index contributed by atoms with van der Waals surface area (Å²) in [5, 5.41) is 12.2. The highest BCUT2D eigenvalue weighted by atomic mass is 14.9. The molecule has 0 radical (unpaired) electrons. The molecular formula is C59H37N3. The molecule has 2 aromatic heterocycles. The van der Waals surface area contributed by atoms with Gasteiger partial charge in [0, 0.05) is 40.0 Å². The molecule has 0 aliphatic rings. The molecule has 288 valence electrons. The maximum Gasteiger partial charge on any atom is 0.160 e. The van der Waals surface area contributed by atoms with E-state index >= 15 is 0 Å². The number of rotatable bonds is 6. The van der Waals surface area contributed by atoms with Gasteiger partial charge in [-0.2, -0.15) is 0 Å². The summed E-state index contributed by atoms with van der Waals surface area (Å²) in [7, 11) is 0. The molecule has 0 saturated heterocycles. The normalized spacial score (nSPS) is 11.5. The summed E-state index contributed by atoms with van der Waals surface area (Å²) in [6.45, 7) is 0. The molecule has 3 heteroatoms. The van der Waals surface area contributed by atoms with E-state index < -0.39 is 0 Å². The maximum atomic E-state index is 5.37. The Morgan fingerprint density at radius 1 is 0.242 bits per heavy atom. The van der Waals surface area contributed by atoms with Crippen molar-refractivity contribution in [3.8, 4) is 67.3 Å². The zero-order chi connectivity index (χ0) is 41.0. The summed E-state index contributed by atoms with van der Waals surface area (Å²) in [5.74, 6) is 0.674. The summed E-state index contributed by atoms with van der Waals surface area (Å²) in [6.07, 6.45) is 3.88. The number of pyridine rings is 1. The summed E-state index contributed by atoms with van der Waals surface area (Å²) >= 11 is 0. The minimum absolute atomic E-state index is 0.674. The van der Waals surface area contributed by atoms with Crippen molar-refractivity contribution >= 4 is 53.9 Å².